The Morgan fingerprint density at radius 3 is 2.76 bits per heavy atom. The van der Waals surface area contributed by atoms with Gasteiger partial charge in [0.1, 0.15) is 0 Å². The van der Waals surface area contributed by atoms with Gasteiger partial charge in [0.2, 0.25) is 0 Å². The zero-order valence-corrected chi connectivity index (χ0v) is 23.1. The van der Waals surface area contributed by atoms with Crippen molar-refractivity contribution in [2.45, 2.75) is 51.2 Å². The Bertz CT molecular complexity index is 867. The molecule has 3 atom stereocenters. The van der Waals surface area contributed by atoms with Crippen LogP contribution in [0, 0.1) is 18.8 Å². The number of urea groups is 1. The fraction of sp³-hybridized carbons (Fsp3) is 0.704. The fourth-order valence-corrected chi connectivity index (χ4v) is 5.52. The molecular formula is C27H43ClN4O5. The second-order valence-electron chi connectivity index (χ2n) is 10.1. The van der Waals surface area contributed by atoms with Crippen molar-refractivity contribution >= 4 is 23.7 Å². The minimum Gasteiger partial charge on any atom is -0.453 e. The number of carbonyl (C=O) groups excluding carboxylic acids is 2. The van der Waals surface area contributed by atoms with E-state index in [-0.39, 0.29) is 24.1 Å². The number of alkyl carbamates (subject to hydrolysis) is 1. The number of amides is 3. The molecule has 3 unspecified atom stereocenters. The number of hydrogen-bond acceptors (Lipinski definition) is 6. The highest BCUT2D eigenvalue weighted by Crippen LogP contribution is 2.35. The molecule has 0 spiro atoms. The number of methoxy groups -OCH3 is 1. The molecule has 0 aromatic heterocycles. The van der Waals surface area contributed by atoms with Gasteiger partial charge >= 0.3 is 12.1 Å². The van der Waals surface area contributed by atoms with Crippen LogP contribution in [0.4, 0.5) is 9.59 Å². The molecule has 2 saturated heterocycles. The van der Waals surface area contributed by atoms with Gasteiger partial charge in [-0.25, -0.2) is 9.59 Å². The van der Waals surface area contributed by atoms with Crippen molar-refractivity contribution < 1.29 is 23.8 Å². The first kappa shape index (κ1) is 29.5. The Hall–Kier alpha value is -2.07. The van der Waals surface area contributed by atoms with Crippen molar-refractivity contribution in [1.82, 2.24) is 20.9 Å². The van der Waals surface area contributed by atoms with E-state index in [0.29, 0.717) is 30.6 Å². The Labute approximate surface area is 225 Å². The minimum atomic E-state index is -0.489. The van der Waals surface area contributed by atoms with Gasteiger partial charge in [-0.05, 0) is 75.3 Å². The van der Waals surface area contributed by atoms with Gasteiger partial charge in [0.05, 0.1) is 19.8 Å². The minimum absolute atomic E-state index is 0.0223. The van der Waals surface area contributed by atoms with Crippen molar-refractivity contribution in [3.05, 3.63) is 34.3 Å². The summed E-state index contributed by atoms with van der Waals surface area (Å²) in [6.45, 7) is 6.35. The number of rotatable bonds is 11. The number of hydrogen-bond donors (Lipinski definition) is 3. The molecule has 3 amide bonds. The second kappa shape index (κ2) is 15.4. The van der Waals surface area contributed by atoms with Crippen molar-refractivity contribution in [2.24, 2.45) is 11.8 Å². The smallest absolute Gasteiger partial charge is 0.406 e. The van der Waals surface area contributed by atoms with Gasteiger partial charge < -0.3 is 35.1 Å². The molecule has 2 fully saturated rings. The number of ether oxygens (including phenoxy) is 3. The van der Waals surface area contributed by atoms with Crippen LogP contribution in [-0.2, 0) is 14.2 Å². The molecule has 0 saturated carbocycles. The van der Waals surface area contributed by atoms with Crippen molar-refractivity contribution in [1.29, 1.82) is 0 Å². The van der Waals surface area contributed by atoms with Gasteiger partial charge in [0.25, 0.3) is 0 Å². The first-order chi connectivity index (χ1) is 17.9. The summed E-state index contributed by atoms with van der Waals surface area (Å²) in [5.41, 5.74) is 2.10. The maximum Gasteiger partial charge on any atom is 0.406 e. The lowest BCUT2D eigenvalue weighted by molar-refractivity contribution is -0.00903. The Balaban J connectivity index is 1.66. The average molecular weight is 539 g/mol. The summed E-state index contributed by atoms with van der Waals surface area (Å²) in [5, 5.41) is 9.83. The molecule has 2 heterocycles. The predicted molar refractivity (Wildman–Crippen MR) is 144 cm³/mol. The number of carbonyl (C=O) groups is 2. The average Bonchev–Trinajstić information content (AvgIpc) is 2.91. The van der Waals surface area contributed by atoms with E-state index in [4.69, 9.17) is 21.1 Å². The normalized spacial score (nSPS) is 20.2. The molecule has 37 heavy (non-hydrogen) atoms. The monoisotopic (exact) mass is 538 g/mol. The lowest BCUT2D eigenvalue weighted by atomic mass is 9.86. The van der Waals surface area contributed by atoms with Gasteiger partial charge in [-0.2, -0.15) is 0 Å². The summed E-state index contributed by atoms with van der Waals surface area (Å²) in [5.74, 6) is 0.678. The summed E-state index contributed by atoms with van der Waals surface area (Å²) in [7, 11) is 3.26. The second-order valence-corrected chi connectivity index (χ2v) is 10.5. The quantitative estimate of drug-likeness (QED) is 0.370. The van der Waals surface area contributed by atoms with E-state index < -0.39 is 6.09 Å². The van der Waals surface area contributed by atoms with E-state index in [0.717, 1.165) is 69.5 Å². The highest BCUT2D eigenvalue weighted by molar-refractivity contribution is 6.30. The van der Waals surface area contributed by atoms with E-state index in [1.165, 1.54) is 7.11 Å². The molecule has 1 aromatic rings. The number of likely N-dealkylation sites (tertiary alicyclic amines) is 1. The van der Waals surface area contributed by atoms with Crippen LogP contribution in [0.2, 0.25) is 5.02 Å². The largest absolute Gasteiger partial charge is 0.453 e. The van der Waals surface area contributed by atoms with Crippen LogP contribution >= 0.6 is 11.6 Å². The third-order valence-corrected chi connectivity index (χ3v) is 7.55. The molecule has 0 radical (unpaired) electrons. The summed E-state index contributed by atoms with van der Waals surface area (Å²) in [4.78, 5) is 26.7. The van der Waals surface area contributed by atoms with Crippen LogP contribution in [0.25, 0.3) is 0 Å². The fourth-order valence-electron chi connectivity index (χ4n) is 5.34. The van der Waals surface area contributed by atoms with E-state index in [2.05, 4.69) is 20.7 Å². The third-order valence-electron chi connectivity index (χ3n) is 7.31. The van der Waals surface area contributed by atoms with Crippen molar-refractivity contribution in [3.8, 4) is 0 Å². The number of halogens is 1. The molecular weight excluding hydrogens is 496 g/mol. The lowest BCUT2D eigenvalue weighted by Crippen LogP contribution is -2.52. The highest BCUT2D eigenvalue weighted by Gasteiger charge is 2.33. The number of piperidine rings is 1. The molecule has 2 aliphatic heterocycles. The first-order valence-corrected chi connectivity index (χ1v) is 13.8. The zero-order valence-electron chi connectivity index (χ0n) is 22.4. The van der Waals surface area contributed by atoms with Gasteiger partial charge in [-0.15, -0.1) is 0 Å². The van der Waals surface area contributed by atoms with E-state index in [9.17, 15) is 9.59 Å². The van der Waals surface area contributed by atoms with Gasteiger partial charge in [-0.3, -0.25) is 0 Å². The molecule has 208 valence electrons. The summed E-state index contributed by atoms with van der Waals surface area (Å²) in [6.07, 6.45) is 4.14. The number of nitrogens with zero attached hydrogens (tertiary/aromatic N) is 1. The Kier molecular flexibility index (Phi) is 12.2. The SMILES string of the molecule is CNCC(CC1CCOCC1)NC(=O)N1CCCC(C(OCCNC(=O)OC)c2cc(Cl)ccc2C)C1. The number of benzene rings is 1. The van der Waals surface area contributed by atoms with Crippen LogP contribution in [0.3, 0.4) is 0 Å². The molecule has 10 heteroatoms. The van der Waals surface area contributed by atoms with E-state index >= 15 is 0 Å². The summed E-state index contributed by atoms with van der Waals surface area (Å²) < 4.78 is 16.5. The number of nitrogens with one attached hydrogen (secondary N) is 3. The molecule has 1 aromatic carbocycles. The molecule has 0 aliphatic carbocycles. The van der Waals surface area contributed by atoms with Crippen LogP contribution in [0.1, 0.15) is 49.3 Å². The highest BCUT2D eigenvalue weighted by atomic mass is 35.5. The van der Waals surface area contributed by atoms with Gasteiger partial charge in [0.15, 0.2) is 0 Å². The number of likely N-dealkylation sites (N-methyl/N-ethyl adjacent to an activating group) is 1. The summed E-state index contributed by atoms with van der Waals surface area (Å²) >= 11 is 6.35. The number of aryl methyl sites for hydroxylation is 1. The van der Waals surface area contributed by atoms with E-state index in [1.54, 1.807) is 0 Å². The maximum absolute atomic E-state index is 13.4. The molecule has 3 N–H and O–H groups in total. The molecule has 3 rings (SSSR count). The first-order valence-electron chi connectivity index (χ1n) is 13.4. The lowest BCUT2D eigenvalue weighted by Gasteiger charge is -2.38. The molecule has 0 bridgehead atoms. The van der Waals surface area contributed by atoms with E-state index in [1.807, 2.05) is 37.1 Å². The van der Waals surface area contributed by atoms with Crippen LogP contribution in [0.5, 0.6) is 0 Å². The van der Waals surface area contributed by atoms with Crippen LogP contribution in [0.15, 0.2) is 18.2 Å². The van der Waals surface area contributed by atoms with Crippen molar-refractivity contribution in [2.75, 3.05) is 60.2 Å². The Morgan fingerprint density at radius 2 is 2.03 bits per heavy atom. The van der Waals surface area contributed by atoms with Gasteiger partial charge in [-0.1, -0.05) is 17.7 Å². The van der Waals surface area contributed by atoms with Crippen molar-refractivity contribution in [3.63, 3.8) is 0 Å². The van der Waals surface area contributed by atoms with Gasteiger partial charge in [0, 0.05) is 56.4 Å². The molecule has 9 nitrogen and oxygen atoms in total. The molecule has 2 aliphatic rings. The third kappa shape index (κ3) is 9.32. The zero-order chi connectivity index (χ0) is 26.6. The van der Waals surface area contributed by atoms with Crippen LogP contribution < -0.4 is 16.0 Å². The standard InChI is InChI=1S/C27H43ClN4O5/c1-19-6-7-22(28)16-24(19)25(37-14-10-30-27(34)35-3)21-5-4-11-32(18-21)26(33)31-23(17-29-2)15-20-8-12-36-13-9-20/h6-7,16,20-21,23,25,29H,4-5,8-15,17-18H2,1-3H3,(H,30,34)(H,31,33). The Morgan fingerprint density at radius 1 is 1.24 bits per heavy atom. The summed E-state index contributed by atoms with van der Waals surface area (Å²) in [6, 6.07) is 5.87. The topological polar surface area (TPSA) is 101 Å². The maximum atomic E-state index is 13.4. The van der Waals surface area contributed by atoms with Crippen LogP contribution in [-0.4, -0.2) is 83.2 Å². The predicted octanol–water partition coefficient (Wildman–Crippen LogP) is 3.89.